The van der Waals surface area contributed by atoms with E-state index in [1.807, 2.05) is 6.07 Å². The minimum atomic E-state index is -0.542. The zero-order valence-electron chi connectivity index (χ0n) is 14.7. The van der Waals surface area contributed by atoms with Crippen LogP contribution < -0.4 is 0 Å². The fourth-order valence-electron chi connectivity index (χ4n) is 3.28. The Morgan fingerprint density at radius 1 is 1.42 bits per heavy atom. The molecule has 0 radical (unpaired) electrons. The van der Waals surface area contributed by atoms with Gasteiger partial charge in [0.25, 0.3) is 5.91 Å². The zero-order valence-corrected chi connectivity index (χ0v) is 14.7. The number of Topliss-reactive ketones (excluding diaryl/α,β-unsaturated/α-hetero) is 1. The highest BCUT2D eigenvalue weighted by atomic mass is 16.3. The van der Waals surface area contributed by atoms with Crippen LogP contribution in [0.4, 0.5) is 0 Å². The molecule has 1 aromatic heterocycles. The summed E-state index contributed by atoms with van der Waals surface area (Å²) in [6, 6.07) is 3.07. The molecule has 1 N–H and O–H groups in total. The number of aliphatic hydroxyl groups is 1. The van der Waals surface area contributed by atoms with Crippen molar-refractivity contribution in [3.05, 3.63) is 41.4 Å². The van der Waals surface area contributed by atoms with Crippen LogP contribution in [0.5, 0.6) is 0 Å². The minimum absolute atomic E-state index is 0.179. The van der Waals surface area contributed by atoms with Gasteiger partial charge in [0, 0.05) is 18.9 Å². The van der Waals surface area contributed by atoms with E-state index in [9.17, 15) is 14.7 Å². The predicted octanol–water partition coefficient (Wildman–Crippen LogP) is 3.58. The minimum Gasteiger partial charge on any atom is -0.503 e. The molecule has 1 aliphatic heterocycles. The van der Waals surface area contributed by atoms with E-state index in [1.54, 1.807) is 23.4 Å². The SMILES string of the molecule is CCCC[C@H](CC)CN1C(=O)C(O)=C(C(C)=O)[C@H]1c1cccnc1. The van der Waals surface area contributed by atoms with Crippen molar-refractivity contribution in [1.82, 2.24) is 9.88 Å². The van der Waals surface area contributed by atoms with E-state index in [2.05, 4.69) is 18.8 Å². The molecule has 0 unspecified atom stereocenters. The van der Waals surface area contributed by atoms with Gasteiger partial charge in [-0.1, -0.05) is 39.2 Å². The van der Waals surface area contributed by atoms with Crippen LogP contribution in [0.3, 0.4) is 0 Å². The molecule has 1 amide bonds. The lowest BCUT2D eigenvalue weighted by Gasteiger charge is -2.30. The van der Waals surface area contributed by atoms with E-state index < -0.39 is 17.7 Å². The lowest BCUT2D eigenvalue weighted by Crippen LogP contribution is -2.35. The topological polar surface area (TPSA) is 70.5 Å². The summed E-state index contributed by atoms with van der Waals surface area (Å²) in [5, 5.41) is 10.2. The molecular weight excluding hydrogens is 304 g/mol. The highest BCUT2D eigenvalue weighted by Gasteiger charge is 2.42. The van der Waals surface area contributed by atoms with Crippen LogP contribution in [-0.4, -0.2) is 33.2 Å². The van der Waals surface area contributed by atoms with Crippen LogP contribution in [0.1, 0.15) is 58.1 Å². The maximum absolute atomic E-state index is 12.6. The number of carbonyl (C=O) groups excluding carboxylic acids is 2. The van der Waals surface area contributed by atoms with E-state index in [0.717, 1.165) is 31.2 Å². The van der Waals surface area contributed by atoms with Crippen molar-refractivity contribution < 1.29 is 14.7 Å². The van der Waals surface area contributed by atoms with Crippen molar-refractivity contribution >= 4 is 11.7 Å². The van der Waals surface area contributed by atoms with E-state index in [0.29, 0.717) is 12.5 Å². The number of ketones is 1. The molecule has 2 rings (SSSR count). The number of nitrogens with zero attached hydrogens (tertiary/aromatic N) is 2. The van der Waals surface area contributed by atoms with Gasteiger partial charge in [0.2, 0.25) is 0 Å². The molecule has 0 saturated heterocycles. The summed E-state index contributed by atoms with van der Waals surface area (Å²) >= 11 is 0. The second-order valence-corrected chi connectivity index (χ2v) is 6.38. The van der Waals surface area contributed by atoms with Crippen molar-refractivity contribution in [2.24, 2.45) is 5.92 Å². The number of aliphatic hydroxyl groups excluding tert-OH is 1. The predicted molar refractivity (Wildman–Crippen MR) is 92.3 cm³/mol. The van der Waals surface area contributed by atoms with Gasteiger partial charge in [-0.3, -0.25) is 14.6 Å². The molecule has 1 aromatic rings. The standard InChI is InChI=1S/C19H26N2O3/c1-4-6-8-14(5-2)12-21-17(15-9-7-10-20-11-15)16(13(3)22)18(23)19(21)24/h7,9-11,14,17,23H,4-6,8,12H2,1-3H3/t14-,17+/m0/s1. The van der Waals surface area contributed by atoms with Gasteiger partial charge < -0.3 is 10.0 Å². The Labute approximate surface area is 143 Å². The van der Waals surface area contributed by atoms with Crippen molar-refractivity contribution in [2.45, 2.75) is 52.5 Å². The molecule has 0 saturated carbocycles. The van der Waals surface area contributed by atoms with Crippen molar-refractivity contribution in [2.75, 3.05) is 6.54 Å². The van der Waals surface area contributed by atoms with Crippen molar-refractivity contribution in [1.29, 1.82) is 0 Å². The Morgan fingerprint density at radius 2 is 2.17 bits per heavy atom. The number of hydrogen-bond donors (Lipinski definition) is 1. The number of aromatic nitrogens is 1. The number of rotatable bonds is 8. The van der Waals surface area contributed by atoms with Crippen LogP contribution in [0.15, 0.2) is 35.9 Å². The van der Waals surface area contributed by atoms with E-state index in [1.165, 1.54) is 6.92 Å². The second kappa shape index (κ2) is 8.08. The average Bonchev–Trinajstić information content (AvgIpc) is 2.84. The average molecular weight is 330 g/mol. The number of carbonyl (C=O) groups is 2. The maximum atomic E-state index is 12.6. The summed E-state index contributed by atoms with van der Waals surface area (Å²) < 4.78 is 0. The molecule has 0 aromatic carbocycles. The lowest BCUT2D eigenvalue weighted by molar-refractivity contribution is -0.130. The molecule has 2 heterocycles. The Morgan fingerprint density at radius 3 is 2.71 bits per heavy atom. The second-order valence-electron chi connectivity index (χ2n) is 6.38. The van der Waals surface area contributed by atoms with E-state index in [-0.39, 0.29) is 11.4 Å². The molecule has 0 fully saturated rings. The lowest BCUT2D eigenvalue weighted by atomic mass is 9.95. The quantitative estimate of drug-likeness (QED) is 0.791. The summed E-state index contributed by atoms with van der Waals surface area (Å²) in [5.41, 5.74) is 0.934. The van der Waals surface area contributed by atoms with Gasteiger partial charge in [-0.05, 0) is 30.9 Å². The summed E-state index contributed by atoms with van der Waals surface area (Å²) in [5.74, 6) is -0.795. The Bertz CT molecular complexity index is 625. The Hall–Kier alpha value is -2.17. The molecule has 0 bridgehead atoms. The monoisotopic (exact) mass is 330 g/mol. The highest BCUT2D eigenvalue weighted by molar-refractivity contribution is 6.08. The Balaban J connectivity index is 2.35. The summed E-state index contributed by atoms with van der Waals surface area (Å²) in [4.78, 5) is 30.4. The molecule has 0 aliphatic carbocycles. The van der Waals surface area contributed by atoms with Crippen LogP contribution in [0.2, 0.25) is 0 Å². The van der Waals surface area contributed by atoms with Crippen LogP contribution in [0, 0.1) is 5.92 Å². The molecule has 2 atom stereocenters. The van der Waals surface area contributed by atoms with Gasteiger partial charge in [0.1, 0.15) is 0 Å². The molecular formula is C19H26N2O3. The molecule has 5 nitrogen and oxygen atoms in total. The summed E-state index contributed by atoms with van der Waals surface area (Å²) in [6.45, 7) is 6.18. The first-order valence-electron chi connectivity index (χ1n) is 8.66. The van der Waals surface area contributed by atoms with Gasteiger partial charge in [-0.15, -0.1) is 0 Å². The van der Waals surface area contributed by atoms with Crippen LogP contribution in [0.25, 0.3) is 0 Å². The molecule has 130 valence electrons. The Kier molecular flexibility index (Phi) is 6.12. The number of unbranched alkanes of at least 4 members (excludes halogenated alkanes) is 1. The fraction of sp³-hybridized carbons (Fsp3) is 0.526. The third-order valence-corrected chi connectivity index (χ3v) is 4.68. The van der Waals surface area contributed by atoms with Gasteiger partial charge in [0.15, 0.2) is 11.5 Å². The van der Waals surface area contributed by atoms with Crippen LogP contribution >= 0.6 is 0 Å². The highest BCUT2D eigenvalue weighted by Crippen LogP contribution is 2.38. The van der Waals surface area contributed by atoms with E-state index >= 15 is 0 Å². The van der Waals surface area contributed by atoms with Gasteiger partial charge in [-0.2, -0.15) is 0 Å². The molecule has 5 heteroatoms. The molecule has 1 aliphatic rings. The first kappa shape index (κ1) is 18.2. The number of amides is 1. The van der Waals surface area contributed by atoms with Gasteiger partial charge in [-0.25, -0.2) is 0 Å². The first-order chi connectivity index (χ1) is 11.5. The van der Waals surface area contributed by atoms with Gasteiger partial charge >= 0.3 is 0 Å². The maximum Gasteiger partial charge on any atom is 0.290 e. The summed E-state index contributed by atoms with van der Waals surface area (Å²) in [7, 11) is 0. The summed E-state index contributed by atoms with van der Waals surface area (Å²) in [6.07, 6.45) is 7.51. The largest absolute Gasteiger partial charge is 0.503 e. The number of pyridine rings is 1. The van der Waals surface area contributed by atoms with Gasteiger partial charge in [0.05, 0.1) is 11.6 Å². The van der Waals surface area contributed by atoms with E-state index in [4.69, 9.17) is 0 Å². The number of hydrogen-bond acceptors (Lipinski definition) is 4. The molecule has 0 spiro atoms. The third-order valence-electron chi connectivity index (χ3n) is 4.68. The normalized spacial score (nSPS) is 19.0. The van der Waals surface area contributed by atoms with Crippen LogP contribution in [-0.2, 0) is 9.59 Å². The smallest absolute Gasteiger partial charge is 0.290 e. The first-order valence-corrected chi connectivity index (χ1v) is 8.66. The third kappa shape index (κ3) is 3.66. The fourth-order valence-corrected chi connectivity index (χ4v) is 3.28. The van der Waals surface area contributed by atoms with Crippen molar-refractivity contribution in [3.63, 3.8) is 0 Å². The molecule has 24 heavy (non-hydrogen) atoms. The zero-order chi connectivity index (χ0) is 17.7. The van der Waals surface area contributed by atoms with Crippen molar-refractivity contribution in [3.8, 4) is 0 Å².